The number of hydrogen-bond donors (Lipinski definition) is 1. The van der Waals surface area contributed by atoms with E-state index in [0.29, 0.717) is 10.8 Å². The van der Waals surface area contributed by atoms with Gasteiger partial charge in [-0.1, -0.05) is 247 Å². The van der Waals surface area contributed by atoms with Crippen LogP contribution in [-0.4, -0.2) is 55.6 Å². The largest absolute Gasteiger partial charge is 0.473 e. The first-order valence-corrected chi connectivity index (χ1v) is 31.0. The van der Waals surface area contributed by atoms with Crippen LogP contribution >= 0.6 is 22.7 Å². The van der Waals surface area contributed by atoms with Crippen LogP contribution in [0.25, 0.3) is 0 Å². The van der Waals surface area contributed by atoms with Crippen LogP contribution in [0.15, 0.2) is 200 Å². The van der Waals surface area contributed by atoms with Crippen LogP contribution in [0.4, 0.5) is 0 Å². The Morgan fingerprint density at radius 1 is 0.329 bits per heavy atom. The van der Waals surface area contributed by atoms with Crippen molar-refractivity contribution < 1.29 is 17.9 Å². The summed E-state index contributed by atoms with van der Waals surface area (Å²) in [4.78, 5) is 18.1. The topological polar surface area (TPSA) is 197 Å². The highest BCUT2D eigenvalue weighted by atomic mass is 32.1. The van der Waals surface area contributed by atoms with E-state index in [1.165, 1.54) is 49.3 Å². The van der Waals surface area contributed by atoms with Gasteiger partial charge < -0.3 is 17.9 Å². The predicted molar refractivity (Wildman–Crippen MR) is 369 cm³/mol. The molecule has 17 heteroatoms. The van der Waals surface area contributed by atoms with Gasteiger partial charge in [-0.25, -0.2) is 19.9 Å². The molecule has 0 spiro atoms. The first kappa shape index (κ1) is 97.7. The zero-order valence-electron chi connectivity index (χ0n) is 58.8. The fourth-order valence-electron chi connectivity index (χ4n) is 1.88. The quantitative estimate of drug-likeness (QED) is 0.150. The molecule has 0 aliphatic carbocycles. The minimum atomic E-state index is 0.500. The SMILES string of the molecule is CC(C)(C)C.CC(C)(C)C.CC(C)C.CC(C)C.CC(C)C.CC(C)C.CC(C)C.CC(C)C.CC(C)C.c1ccccc1.c1ccoc1.c1cn[nH]c1.c1cncnc1.c1cnoc1.c1cocn1.c1cscn1.c1ncon1.c1nncs1. The van der Waals surface area contributed by atoms with Gasteiger partial charge >= 0.3 is 0 Å². The summed E-state index contributed by atoms with van der Waals surface area (Å²) in [5.41, 5.74) is 6.15. The lowest BCUT2D eigenvalue weighted by Crippen LogP contribution is -1.93. The van der Waals surface area contributed by atoms with Crippen LogP contribution in [0.1, 0.15) is 201 Å². The Morgan fingerprint density at radius 2 is 0.753 bits per heavy atom. The van der Waals surface area contributed by atoms with E-state index in [2.05, 4.69) is 274 Å². The number of aromatic nitrogens is 11. The molecule has 15 nitrogen and oxygen atoms in total. The minimum absolute atomic E-state index is 0.500. The van der Waals surface area contributed by atoms with Gasteiger partial charge in [0.15, 0.2) is 12.7 Å². The van der Waals surface area contributed by atoms with Crippen molar-refractivity contribution in [3.05, 3.63) is 183 Å². The Morgan fingerprint density at radius 3 is 0.859 bits per heavy atom. The second-order valence-electron chi connectivity index (χ2n) is 24.9. The molecule has 0 unspecified atom stereocenters. The third kappa shape index (κ3) is 269. The van der Waals surface area contributed by atoms with E-state index in [9.17, 15) is 0 Å². The Kier molecular flexibility index (Phi) is 96.5. The van der Waals surface area contributed by atoms with Crippen LogP contribution in [0, 0.1) is 52.3 Å². The minimum Gasteiger partial charge on any atom is -0.473 e. The first-order valence-electron chi connectivity index (χ1n) is 29.1. The number of aromatic amines is 1. The van der Waals surface area contributed by atoms with E-state index in [-0.39, 0.29) is 0 Å². The average Bonchev–Trinajstić information content (AvgIpc) is 4.24. The van der Waals surface area contributed by atoms with E-state index in [0.717, 1.165) is 41.4 Å². The summed E-state index contributed by atoms with van der Waals surface area (Å²) in [5.74, 6) is 5.83. The van der Waals surface area contributed by atoms with Crippen LogP contribution in [-0.2, 0) is 0 Å². The van der Waals surface area contributed by atoms with Crippen molar-refractivity contribution in [3.8, 4) is 0 Å². The molecule has 0 aliphatic heterocycles. The summed E-state index contributed by atoms with van der Waals surface area (Å²) in [7, 11) is 0. The van der Waals surface area contributed by atoms with Gasteiger partial charge in [0.05, 0.1) is 30.4 Å². The smallest absolute Gasteiger partial charge is 0.213 e. The Bertz CT molecular complexity index is 1540. The van der Waals surface area contributed by atoms with Crippen LogP contribution in [0.2, 0.25) is 0 Å². The summed E-state index contributed by atoms with van der Waals surface area (Å²) in [5, 5.41) is 21.7. The molecule has 0 radical (unpaired) electrons. The molecule has 1 aromatic carbocycles. The lowest BCUT2D eigenvalue weighted by molar-refractivity contribution is 0.416. The van der Waals surface area contributed by atoms with Gasteiger partial charge in [-0.15, -0.1) is 32.9 Å². The van der Waals surface area contributed by atoms with Crippen molar-refractivity contribution in [2.45, 2.75) is 201 Å². The van der Waals surface area contributed by atoms with Crippen LogP contribution < -0.4 is 0 Å². The lowest BCUT2D eigenvalue weighted by atomic mass is 10.0. The molecule has 0 saturated carbocycles. The molecule has 0 fully saturated rings. The molecule has 1 N–H and O–H groups in total. The molecule has 488 valence electrons. The van der Waals surface area contributed by atoms with Crippen LogP contribution in [0.3, 0.4) is 0 Å². The monoisotopic (exact) mass is 1220 g/mol. The molecule has 0 bridgehead atoms. The fourth-order valence-corrected chi connectivity index (χ4v) is 2.50. The first-order chi connectivity index (χ1) is 39.6. The second-order valence-corrected chi connectivity index (χ2v) is 26.4. The van der Waals surface area contributed by atoms with Crippen molar-refractivity contribution in [1.29, 1.82) is 0 Å². The van der Waals surface area contributed by atoms with Gasteiger partial charge in [0.1, 0.15) is 29.9 Å². The molecule has 8 aromatic heterocycles. The second kappa shape index (κ2) is 84.0. The highest BCUT2D eigenvalue weighted by Gasteiger charge is 1.96. The zero-order chi connectivity index (χ0) is 67.3. The van der Waals surface area contributed by atoms with E-state index < -0.39 is 0 Å². The number of rotatable bonds is 0. The van der Waals surface area contributed by atoms with Gasteiger partial charge in [0.2, 0.25) is 6.39 Å². The van der Waals surface area contributed by atoms with E-state index in [4.69, 9.17) is 0 Å². The molecular formula is C68H125N11O4S2. The van der Waals surface area contributed by atoms with Crippen molar-refractivity contribution in [2.24, 2.45) is 52.3 Å². The summed E-state index contributed by atoms with van der Waals surface area (Å²) < 4.78 is 17.6. The number of H-pyrrole nitrogens is 1. The standard InChI is InChI=1S/C6H6.2C5H12.C4H4N2.C4H4O.7C4H10.C3H4N2.2C3H3NO.C3H3NS.C2H2N2O.C2H2N2S/c1-2-4-6-5-3-1;2*1-5(2,3)4;1-2-5-4-6-3-1;1-2-4-5-3-1;7*1-4(2)3;1-2-4-5-3-1;1-2-5-3-4-1;1-2-4-5-3-1;1-2-5-3-4-1;1-3-2-5-4-1;1-3-4-2-5-1/h1-6H;2*1-4H3;1-4H;1-4H;7*4H,1-3H3;1-3H,(H,4,5);3*1-3H;2*1-2H. The van der Waals surface area contributed by atoms with Crippen molar-refractivity contribution >= 4 is 22.7 Å². The maximum Gasteiger partial charge on any atom is 0.213 e. The summed E-state index contributed by atoms with van der Waals surface area (Å²) >= 11 is 3.09. The van der Waals surface area contributed by atoms with E-state index in [1.807, 2.05) is 60.0 Å². The Hall–Kier alpha value is -6.46. The normalized spacial score (nSPS) is 8.80. The average molecular weight is 1220 g/mol. The number of nitrogens with zero attached hydrogens (tertiary/aromatic N) is 10. The number of furan rings is 1. The molecule has 0 amide bonds. The lowest BCUT2D eigenvalue weighted by Gasteiger charge is -2.05. The molecule has 0 atom stereocenters. The Balaban J connectivity index is -0.000000103. The number of benzene rings is 1. The number of hydrogen-bond acceptors (Lipinski definition) is 16. The maximum absolute atomic E-state index is 4.58. The summed E-state index contributed by atoms with van der Waals surface area (Å²) in [6.07, 6.45) is 23.5. The third-order valence-electron chi connectivity index (χ3n) is 3.58. The van der Waals surface area contributed by atoms with Gasteiger partial charge in [-0.2, -0.15) is 5.10 Å². The Labute approximate surface area is 529 Å². The molecule has 9 aromatic rings. The molecule has 9 rings (SSSR count). The van der Waals surface area contributed by atoms with Gasteiger partial charge in [0.25, 0.3) is 0 Å². The molecule has 0 aliphatic rings. The molecular weight excluding hydrogens is 1100 g/mol. The highest BCUT2D eigenvalue weighted by Crippen LogP contribution is 2.08. The van der Waals surface area contributed by atoms with E-state index >= 15 is 0 Å². The third-order valence-corrected chi connectivity index (χ3v) is 4.54. The highest BCUT2D eigenvalue weighted by molar-refractivity contribution is 7.07. The molecule has 8 heterocycles. The molecule has 85 heavy (non-hydrogen) atoms. The number of nitrogens with one attached hydrogen (secondary N) is 1. The van der Waals surface area contributed by atoms with E-state index in [1.54, 1.807) is 95.9 Å². The van der Waals surface area contributed by atoms with Gasteiger partial charge in [-0.3, -0.25) is 10.1 Å². The summed E-state index contributed by atoms with van der Waals surface area (Å²) in [6, 6.07) is 21.0. The van der Waals surface area contributed by atoms with Gasteiger partial charge in [-0.05, 0) is 82.6 Å². The number of thiazole rings is 1. The summed E-state index contributed by atoms with van der Waals surface area (Å²) in [6.45, 7) is 63.0. The predicted octanol–water partition coefficient (Wildman–Crippen LogP) is 22.7. The maximum atomic E-state index is 4.58. The van der Waals surface area contributed by atoms with Gasteiger partial charge in [0, 0.05) is 36.4 Å². The van der Waals surface area contributed by atoms with Crippen LogP contribution in [0.5, 0.6) is 0 Å². The van der Waals surface area contributed by atoms with Crippen molar-refractivity contribution in [3.63, 3.8) is 0 Å². The fraction of sp³-hybridized carbons (Fsp3) is 0.559. The molecule has 0 saturated heterocycles. The number of oxazole rings is 1. The van der Waals surface area contributed by atoms with Crippen molar-refractivity contribution in [1.82, 2.24) is 55.6 Å². The zero-order valence-corrected chi connectivity index (χ0v) is 60.4. The van der Waals surface area contributed by atoms with Crippen molar-refractivity contribution in [2.75, 3.05) is 0 Å².